The molecule has 112 valence electrons. The van der Waals surface area contributed by atoms with Crippen molar-refractivity contribution in [1.29, 1.82) is 0 Å². The molecule has 2 aliphatic heterocycles. The predicted octanol–water partition coefficient (Wildman–Crippen LogP) is 2.84. The Kier molecular flexibility index (Phi) is 2.87. The summed E-state index contributed by atoms with van der Waals surface area (Å²) in [6.07, 6.45) is 0. The zero-order valence-corrected chi connectivity index (χ0v) is 12.2. The smallest absolute Gasteiger partial charge is 0.367 e. The van der Waals surface area contributed by atoms with Gasteiger partial charge in [-0.05, 0) is 25.1 Å². The highest BCUT2D eigenvalue weighted by Crippen LogP contribution is 2.34. The fourth-order valence-corrected chi connectivity index (χ4v) is 2.51. The molecule has 0 aromatic heterocycles. The Morgan fingerprint density at radius 1 is 0.826 bits per heavy atom. The average Bonchev–Trinajstić information content (AvgIpc) is 3.09. The van der Waals surface area contributed by atoms with E-state index in [-0.39, 0.29) is 17.4 Å². The third kappa shape index (κ3) is 2.14. The fourth-order valence-electron chi connectivity index (χ4n) is 2.51. The van der Waals surface area contributed by atoms with Gasteiger partial charge in [-0.15, -0.1) is 0 Å². The molecular weight excluding hydrogens is 294 g/mol. The van der Waals surface area contributed by atoms with Gasteiger partial charge in [-0.2, -0.15) is 0 Å². The standard InChI is InChI=1S/C18H11NO4/c1-10-6-8-11(9-7-10)16-19-14(18(21)23-16)15-12-4-2-3-5-13(12)17(20)22-15/h2-9H,1H3/b15-14+. The summed E-state index contributed by atoms with van der Waals surface area (Å²) in [5.41, 5.74) is 2.77. The average molecular weight is 305 g/mol. The summed E-state index contributed by atoms with van der Waals surface area (Å²) in [6, 6.07) is 14.3. The van der Waals surface area contributed by atoms with E-state index in [0.717, 1.165) is 5.56 Å². The maximum atomic E-state index is 12.1. The van der Waals surface area contributed by atoms with Crippen molar-refractivity contribution in [3.63, 3.8) is 0 Å². The van der Waals surface area contributed by atoms with Crippen molar-refractivity contribution in [1.82, 2.24) is 0 Å². The lowest BCUT2D eigenvalue weighted by Crippen LogP contribution is -2.06. The number of cyclic esters (lactones) is 2. The lowest BCUT2D eigenvalue weighted by atomic mass is 10.1. The Hall–Kier alpha value is -3.21. The minimum absolute atomic E-state index is 0.0128. The van der Waals surface area contributed by atoms with Crippen LogP contribution in [0.2, 0.25) is 0 Å². The van der Waals surface area contributed by atoms with E-state index in [1.54, 1.807) is 24.3 Å². The maximum Gasteiger partial charge on any atom is 0.367 e. The summed E-state index contributed by atoms with van der Waals surface area (Å²) in [4.78, 5) is 28.2. The van der Waals surface area contributed by atoms with Gasteiger partial charge in [-0.25, -0.2) is 14.6 Å². The molecule has 0 amide bonds. The first kappa shape index (κ1) is 13.5. The predicted molar refractivity (Wildman–Crippen MR) is 82.6 cm³/mol. The van der Waals surface area contributed by atoms with Gasteiger partial charge in [0.15, 0.2) is 11.5 Å². The molecule has 23 heavy (non-hydrogen) atoms. The van der Waals surface area contributed by atoms with E-state index in [4.69, 9.17) is 9.47 Å². The first-order valence-electron chi connectivity index (χ1n) is 7.07. The monoisotopic (exact) mass is 305 g/mol. The van der Waals surface area contributed by atoms with Crippen molar-refractivity contribution < 1.29 is 19.1 Å². The van der Waals surface area contributed by atoms with E-state index in [1.165, 1.54) is 0 Å². The minimum atomic E-state index is -0.625. The van der Waals surface area contributed by atoms with E-state index >= 15 is 0 Å². The first-order chi connectivity index (χ1) is 11.1. The van der Waals surface area contributed by atoms with Crippen LogP contribution in [0.1, 0.15) is 27.0 Å². The first-order valence-corrected chi connectivity index (χ1v) is 7.07. The van der Waals surface area contributed by atoms with Gasteiger partial charge in [-0.3, -0.25) is 0 Å². The summed E-state index contributed by atoms with van der Waals surface area (Å²) in [6.45, 7) is 1.97. The summed E-state index contributed by atoms with van der Waals surface area (Å²) >= 11 is 0. The molecule has 2 aromatic carbocycles. The lowest BCUT2D eigenvalue weighted by molar-refractivity contribution is -0.130. The van der Waals surface area contributed by atoms with E-state index in [1.807, 2.05) is 31.2 Å². The molecule has 0 radical (unpaired) electrons. The van der Waals surface area contributed by atoms with E-state index in [0.29, 0.717) is 16.7 Å². The van der Waals surface area contributed by atoms with Crippen LogP contribution in [0.3, 0.4) is 0 Å². The molecule has 5 nitrogen and oxygen atoms in total. The molecule has 2 heterocycles. The summed E-state index contributed by atoms with van der Waals surface area (Å²) < 4.78 is 10.4. The van der Waals surface area contributed by atoms with Crippen LogP contribution in [0.15, 0.2) is 59.2 Å². The van der Waals surface area contributed by atoms with Crippen molar-refractivity contribution in [3.05, 3.63) is 76.5 Å². The Bertz CT molecular complexity index is 907. The van der Waals surface area contributed by atoms with Gasteiger partial charge in [0.2, 0.25) is 5.90 Å². The molecule has 2 aliphatic rings. The number of nitrogens with zero attached hydrogens (tertiary/aromatic N) is 1. The Morgan fingerprint density at radius 3 is 2.26 bits per heavy atom. The number of hydrogen-bond donors (Lipinski definition) is 0. The Balaban J connectivity index is 1.82. The van der Waals surface area contributed by atoms with Crippen LogP contribution in [0, 0.1) is 6.92 Å². The van der Waals surface area contributed by atoms with Gasteiger partial charge in [0.1, 0.15) is 0 Å². The normalized spacial score (nSPS) is 19.3. The number of ether oxygens (including phenoxy) is 2. The summed E-state index contributed by atoms with van der Waals surface area (Å²) in [7, 11) is 0. The molecule has 5 heteroatoms. The molecule has 0 spiro atoms. The largest absolute Gasteiger partial charge is 0.420 e. The van der Waals surface area contributed by atoms with Crippen LogP contribution in [-0.4, -0.2) is 17.8 Å². The number of hydrogen-bond acceptors (Lipinski definition) is 5. The highest BCUT2D eigenvalue weighted by molar-refractivity contribution is 6.16. The van der Waals surface area contributed by atoms with E-state index < -0.39 is 11.9 Å². The lowest BCUT2D eigenvalue weighted by Gasteiger charge is -1.99. The molecule has 0 saturated carbocycles. The quantitative estimate of drug-likeness (QED) is 0.600. The highest BCUT2D eigenvalue weighted by atomic mass is 16.6. The molecule has 0 bridgehead atoms. The highest BCUT2D eigenvalue weighted by Gasteiger charge is 2.35. The van der Waals surface area contributed by atoms with Gasteiger partial charge in [0.05, 0.1) is 5.56 Å². The van der Waals surface area contributed by atoms with Crippen molar-refractivity contribution >= 4 is 23.6 Å². The summed E-state index contributed by atoms with van der Waals surface area (Å²) in [5.74, 6) is -0.759. The van der Waals surface area contributed by atoms with Crippen LogP contribution in [0.4, 0.5) is 0 Å². The number of carbonyl (C=O) groups excluding carboxylic acids is 2. The van der Waals surface area contributed by atoms with Gasteiger partial charge in [0.25, 0.3) is 0 Å². The number of esters is 2. The van der Waals surface area contributed by atoms with E-state index in [9.17, 15) is 9.59 Å². The molecule has 0 fully saturated rings. The van der Waals surface area contributed by atoms with Crippen LogP contribution >= 0.6 is 0 Å². The van der Waals surface area contributed by atoms with Gasteiger partial charge >= 0.3 is 11.9 Å². The third-order valence-corrected chi connectivity index (χ3v) is 3.70. The number of rotatable bonds is 1. The molecular formula is C18H11NO4. The zero-order valence-electron chi connectivity index (χ0n) is 12.2. The molecule has 2 aromatic rings. The SMILES string of the molecule is Cc1ccc(C2=N/C(=C3/OC(=O)c4ccccc43)C(=O)O2)cc1. The number of fused-ring (bicyclic) bond motifs is 1. The number of aryl methyl sites for hydroxylation is 1. The molecule has 0 unspecified atom stereocenters. The van der Waals surface area contributed by atoms with Crippen molar-refractivity contribution in [3.8, 4) is 0 Å². The van der Waals surface area contributed by atoms with E-state index in [2.05, 4.69) is 4.99 Å². The molecule has 0 aliphatic carbocycles. The van der Waals surface area contributed by atoms with Crippen LogP contribution in [-0.2, 0) is 14.3 Å². The maximum absolute atomic E-state index is 12.1. The second-order valence-electron chi connectivity index (χ2n) is 5.29. The zero-order chi connectivity index (χ0) is 16.0. The van der Waals surface area contributed by atoms with Crippen molar-refractivity contribution in [2.45, 2.75) is 6.92 Å². The van der Waals surface area contributed by atoms with Crippen LogP contribution in [0.5, 0.6) is 0 Å². The van der Waals surface area contributed by atoms with Gasteiger partial charge in [-0.1, -0.05) is 35.9 Å². The van der Waals surface area contributed by atoms with Gasteiger partial charge in [0, 0.05) is 11.1 Å². The fraction of sp³-hybridized carbons (Fsp3) is 0.0556. The second kappa shape index (κ2) is 4.91. The third-order valence-electron chi connectivity index (χ3n) is 3.70. The molecule has 4 rings (SSSR count). The second-order valence-corrected chi connectivity index (χ2v) is 5.29. The molecule has 0 N–H and O–H groups in total. The van der Waals surface area contributed by atoms with Crippen molar-refractivity contribution in [2.24, 2.45) is 4.99 Å². The Morgan fingerprint density at radius 2 is 1.52 bits per heavy atom. The minimum Gasteiger partial charge on any atom is -0.420 e. The number of carbonyl (C=O) groups is 2. The molecule has 0 atom stereocenters. The Labute approximate surface area is 131 Å². The van der Waals surface area contributed by atoms with Gasteiger partial charge < -0.3 is 9.47 Å². The van der Waals surface area contributed by atoms with Crippen LogP contribution in [0.25, 0.3) is 5.76 Å². The topological polar surface area (TPSA) is 65.0 Å². The van der Waals surface area contributed by atoms with Crippen molar-refractivity contribution in [2.75, 3.05) is 0 Å². The molecule has 0 saturated heterocycles. The number of aliphatic imine (C=N–C) groups is 1. The van der Waals surface area contributed by atoms with Crippen LogP contribution < -0.4 is 0 Å². The summed E-state index contributed by atoms with van der Waals surface area (Å²) in [5, 5.41) is 0. The number of benzene rings is 2.